The average Bonchev–Trinajstić information content (AvgIpc) is 2.70. The summed E-state index contributed by atoms with van der Waals surface area (Å²) in [5.41, 5.74) is 4.50. The van der Waals surface area contributed by atoms with Gasteiger partial charge in [0.15, 0.2) is 0 Å². The molecule has 0 bridgehead atoms. The lowest BCUT2D eigenvalue weighted by atomic mass is 10.1. The van der Waals surface area contributed by atoms with Gasteiger partial charge in [-0.3, -0.25) is 0 Å². The first-order valence-corrected chi connectivity index (χ1v) is 6.00. The van der Waals surface area contributed by atoms with E-state index < -0.39 is 0 Å². The van der Waals surface area contributed by atoms with Gasteiger partial charge >= 0.3 is 0 Å². The second-order valence-corrected chi connectivity index (χ2v) is 4.81. The van der Waals surface area contributed by atoms with Crippen LogP contribution in [-0.4, -0.2) is 9.97 Å². The van der Waals surface area contributed by atoms with E-state index in [9.17, 15) is 0 Å². The SMILES string of the molecule is Cc1cc(C)cc(-c2nc3cc(Cl)cnc3o2)c1. The maximum atomic E-state index is 5.88. The molecule has 0 N–H and O–H groups in total. The molecule has 4 heteroatoms. The van der Waals surface area contributed by atoms with Gasteiger partial charge in [-0.15, -0.1) is 0 Å². The van der Waals surface area contributed by atoms with Crippen molar-refractivity contribution in [3.63, 3.8) is 0 Å². The van der Waals surface area contributed by atoms with Gasteiger partial charge in [-0.2, -0.15) is 0 Å². The summed E-state index contributed by atoms with van der Waals surface area (Å²) in [6, 6.07) is 7.94. The van der Waals surface area contributed by atoms with Crippen molar-refractivity contribution in [1.82, 2.24) is 9.97 Å². The number of rotatable bonds is 1. The minimum atomic E-state index is 0.508. The van der Waals surface area contributed by atoms with Gasteiger partial charge in [0.1, 0.15) is 5.52 Å². The predicted octanol–water partition coefficient (Wildman–Crippen LogP) is 4.16. The summed E-state index contributed by atoms with van der Waals surface area (Å²) in [7, 11) is 0. The first-order chi connectivity index (χ1) is 8.61. The molecule has 0 amide bonds. The molecule has 3 nitrogen and oxygen atoms in total. The zero-order valence-electron chi connectivity index (χ0n) is 10.1. The summed E-state index contributed by atoms with van der Waals surface area (Å²) >= 11 is 5.88. The minimum Gasteiger partial charge on any atom is -0.418 e. The predicted molar refractivity (Wildman–Crippen MR) is 71.7 cm³/mol. The second kappa shape index (κ2) is 4.10. The highest BCUT2D eigenvalue weighted by atomic mass is 35.5. The Kier molecular flexibility index (Phi) is 2.56. The smallest absolute Gasteiger partial charge is 0.247 e. The Morgan fingerprint density at radius 2 is 1.78 bits per heavy atom. The van der Waals surface area contributed by atoms with Crippen LogP contribution >= 0.6 is 11.6 Å². The maximum absolute atomic E-state index is 5.88. The van der Waals surface area contributed by atoms with Crippen molar-refractivity contribution >= 4 is 22.8 Å². The number of nitrogens with zero attached hydrogens (tertiary/aromatic N) is 2. The van der Waals surface area contributed by atoms with Crippen LogP contribution in [0.25, 0.3) is 22.7 Å². The van der Waals surface area contributed by atoms with E-state index in [1.807, 2.05) is 26.0 Å². The molecule has 0 aliphatic carbocycles. The largest absolute Gasteiger partial charge is 0.418 e. The number of aryl methyl sites for hydroxylation is 2. The van der Waals surface area contributed by atoms with Gasteiger partial charge in [-0.25, -0.2) is 9.97 Å². The molecule has 18 heavy (non-hydrogen) atoms. The highest BCUT2D eigenvalue weighted by molar-refractivity contribution is 6.30. The van der Waals surface area contributed by atoms with Gasteiger partial charge in [-0.1, -0.05) is 28.8 Å². The molecule has 3 aromatic rings. The molecule has 0 aliphatic rings. The van der Waals surface area contributed by atoms with Gasteiger partial charge in [0.05, 0.1) is 5.02 Å². The molecule has 3 rings (SSSR count). The Hall–Kier alpha value is -1.87. The molecular formula is C14H11ClN2O. The summed E-state index contributed by atoms with van der Waals surface area (Å²) in [6.07, 6.45) is 1.56. The fourth-order valence-electron chi connectivity index (χ4n) is 2.02. The molecule has 2 aromatic heterocycles. The van der Waals surface area contributed by atoms with Crippen LogP contribution in [0, 0.1) is 13.8 Å². The molecule has 0 aliphatic heterocycles. The monoisotopic (exact) mass is 258 g/mol. The van der Waals surface area contributed by atoms with Crippen LogP contribution in [-0.2, 0) is 0 Å². The molecule has 2 heterocycles. The van der Waals surface area contributed by atoms with Crippen molar-refractivity contribution in [2.45, 2.75) is 13.8 Å². The van der Waals surface area contributed by atoms with Crippen molar-refractivity contribution in [3.05, 3.63) is 46.6 Å². The number of pyridine rings is 1. The number of hydrogen-bond donors (Lipinski definition) is 0. The summed E-state index contributed by atoms with van der Waals surface area (Å²) in [6.45, 7) is 4.10. The summed E-state index contributed by atoms with van der Waals surface area (Å²) < 4.78 is 5.64. The van der Waals surface area contributed by atoms with Crippen LogP contribution in [0.5, 0.6) is 0 Å². The van der Waals surface area contributed by atoms with Crippen LogP contribution in [0.2, 0.25) is 5.02 Å². The second-order valence-electron chi connectivity index (χ2n) is 4.37. The zero-order chi connectivity index (χ0) is 12.7. The van der Waals surface area contributed by atoms with Crippen molar-refractivity contribution in [1.29, 1.82) is 0 Å². The first-order valence-electron chi connectivity index (χ1n) is 5.62. The van der Waals surface area contributed by atoms with E-state index in [0.29, 0.717) is 22.1 Å². The number of aromatic nitrogens is 2. The van der Waals surface area contributed by atoms with Crippen LogP contribution in [0.1, 0.15) is 11.1 Å². The van der Waals surface area contributed by atoms with Gasteiger partial charge in [0.25, 0.3) is 0 Å². The lowest BCUT2D eigenvalue weighted by Crippen LogP contribution is -1.82. The van der Waals surface area contributed by atoms with E-state index in [0.717, 1.165) is 5.56 Å². The Labute approximate surface area is 109 Å². The van der Waals surface area contributed by atoms with Crippen molar-refractivity contribution < 1.29 is 4.42 Å². The Balaban J connectivity index is 2.19. The normalized spacial score (nSPS) is 11.1. The Bertz CT molecular complexity index is 713. The molecule has 0 radical (unpaired) electrons. The number of fused-ring (bicyclic) bond motifs is 1. The van der Waals surface area contributed by atoms with E-state index in [4.69, 9.17) is 16.0 Å². The van der Waals surface area contributed by atoms with Crippen LogP contribution < -0.4 is 0 Å². The standard InChI is InChI=1S/C14H11ClN2O/c1-8-3-9(2)5-10(4-8)13-17-12-6-11(15)7-16-14(12)18-13/h3-7H,1-2H3. The third-order valence-corrected chi connectivity index (χ3v) is 2.89. The van der Waals surface area contributed by atoms with Crippen LogP contribution in [0.3, 0.4) is 0 Å². The Morgan fingerprint density at radius 3 is 2.50 bits per heavy atom. The van der Waals surface area contributed by atoms with E-state index in [2.05, 4.69) is 16.0 Å². The maximum Gasteiger partial charge on any atom is 0.247 e. The molecule has 0 atom stereocenters. The number of hydrogen-bond acceptors (Lipinski definition) is 3. The van der Waals surface area contributed by atoms with Crippen molar-refractivity contribution in [2.24, 2.45) is 0 Å². The fourth-order valence-corrected chi connectivity index (χ4v) is 2.17. The zero-order valence-corrected chi connectivity index (χ0v) is 10.8. The van der Waals surface area contributed by atoms with Crippen LogP contribution in [0.15, 0.2) is 34.9 Å². The summed E-state index contributed by atoms with van der Waals surface area (Å²) in [5.74, 6) is 0.576. The van der Waals surface area contributed by atoms with Gasteiger partial charge in [-0.05, 0) is 32.0 Å². The Morgan fingerprint density at radius 1 is 1.06 bits per heavy atom. The molecule has 1 aromatic carbocycles. The van der Waals surface area contributed by atoms with Crippen LogP contribution in [0.4, 0.5) is 0 Å². The molecule has 90 valence electrons. The van der Waals surface area contributed by atoms with Crippen molar-refractivity contribution in [3.8, 4) is 11.5 Å². The molecular weight excluding hydrogens is 248 g/mol. The van der Waals surface area contributed by atoms with E-state index >= 15 is 0 Å². The lowest BCUT2D eigenvalue weighted by Gasteiger charge is -2.00. The number of oxazole rings is 1. The highest BCUT2D eigenvalue weighted by Gasteiger charge is 2.10. The topological polar surface area (TPSA) is 38.9 Å². The number of benzene rings is 1. The summed E-state index contributed by atoms with van der Waals surface area (Å²) in [5, 5.41) is 0.558. The third-order valence-electron chi connectivity index (χ3n) is 2.68. The van der Waals surface area contributed by atoms with Gasteiger partial charge in [0, 0.05) is 11.8 Å². The molecule has 0 spiro atoms. The fraction of sp³-hybridized carbons (Fsp3) is 0.143. The number of halogens is 1. The molecule has 0 fully saturated rings. The molecule has 0 saturated heterocycles. The van der Waals surface area contributed by atoms with E-state index in [1.54, 1.807) is 12.3 Å². The average molecular weight is 259 g/mol. The van der Waals surface area contributed by atoms with Gasteiger partial charge in [0.2, 0.25) is 11.6 Å². The lowest BCUT2D eigenvalue weighted by molar-refractivity contribution is 0.607. The van der Waals surface area contributed by atoms with Gasteiger partial charge < -0.3 is 4.42 Å². The first kappa shape index (κ1) is 11.2. The highest BCUT2D eigenvalue weighted by Crippen LogP contribution is 2.26. The third kappa shape index (κ3) is 1.97. The quantitative estimate of drug-likeness (QED) is 0.658. The molecule has 0 saturated carbocycles. The van der Waals surface area contributed by atoms with E-state index in [-0.39, 0.29) is 0 Å². The minimum absolute atomic E-state index is 0.508. The molecule has 0 unspecified atom stereocenters. The van der Waals surface area contributed by atoms with Crippen molar-refractivity contribution in [2.75, 3.05) is 0 Å². The summed E-state index contributed by atoms with van der Waals surface area (Å²) in [4.78, 5) is 8.52. The van der Waals surface area contributed by atoms with E-state index in [1.165, 1.54) is 11.1 Å².